The SMILES string of the molecule is CC#CCOc1ccc(S(=O)(=O)C2CCN(C(=O)C3(C)COC(C)(C)OC3)C(C(=O)O)C2)cc1. The molecule has 3 rings (SSSR count). The maximum absolute atomic E-state index is 13.3. The third kappa shape index (κ3) is 5.54. The molecule has 2 atom stereocenters. The van der Waals surface area contributed by atoms with Crippen LogP contribution in [0.5, 0.6) is 5.75 Å². The quantitative estimate of drug-likeness (QED) is 0.599. The van der Waals surface area contributed by atoms with E-state index in [4.69, 9.17) is 14.2 Å². The van der Waals surface area contributed by atoms with Gasteiger partial charge in [0.05, 0.1) is 28.8 Å². The summed E-state index contributed by atoms with van der Waals surface area (Å²) >= 11 is 0. The van der Waals surface area contributed by atoms with Crippen LogP contribution < -0.4 is 4.74 Å². The zero-order chi connectivity index (χ0) is 25.1. The van der Waals surface area contributed by atoms with Gasteiger partial charge in [0.25, 0.3) is 0 Å². The largest absolute Gasteiger partial charge is 0.481 e. The molecule has 2 saturated heterocycles. The molecule has 0 bridgehead atoms. The summed E-state index contributed by atoms with van der Waals surface area (Å²) in [5.41, 5.74) is -1.05. The molecule has 0 radical (unpaired) electrons. The molecule has 1 N–H and O–H groups in total. The van der Waals surface area contributed by atoms with Crippen molar-refractivity contribution < 1.29 is 37.3 Å². The molecule has 2 aliphatic rings. The van der Waals surface area contributed by atoms with Crippen molar-refractivity contribution in [3.63, 3.8) is 0 Å². The molecule has 0 aromatic heterocycles. The van der Waals surface area contributed by atoms with Crippen molar-refractivity contribution in [3.05, 3.63) is 24.3 Å². The summed E-state index contributed by atoms with van der Waals surface area (Å²) in [6, 6.07) is 4.71. The van der Waals surface area contributed by atoms with Gasteiger partial charge in [-0.1, -0.05) is 5.92 Å². The Labute approximate surface area is 200 Å². The summed E-state index contributed by atoms with van der Waals surface area (Å²) in [6.45, 7) is 7.22. The highest BCUT2D eigenvalue weighted by Gasteiger charge is 2.49. The Balaban J connectivity index is 1.74. The highest BCUT2D eigenvalue weighted by molar-refractivity contribution is 7.92. The number of carbonyl (C=O) groups is 2. The number of rotatable bonds is 6. The Bertz CT molecular complexity index is 1070. The van der Waals surface area contributed by atoms with Crippen LogP contribution in [0.2, 0.25) is 0 Å². The molecule has 0 aliphatic carbocycles. The summed E-state index contributed by atoms with van der Waals surface area (Å²) in [5, 5.41) is 8.91. The van der Waals surface area contributed by atoms with E-state index in [-0.39, 0.29) is 44.1 Å². The van der Waals surface area contributed by atoms with Crippen LogP contribution >= 0.6 is 0 Å². The van der Waals surface area contributed by atoms with Crippen molar-refractivity contribution >= 4 is 21.7 Å². The number of nitrogens with zero attached hydrogens (tertiary/aromatic N) is 1. The molecule has 34 heavy (non-hydrogen) atoms. The van der Waals surface area contributed by atoms with E-state index in [1.165, 1.54) is 17.0 Å². The van der Waals surface area contributed by atoms with Gasteiger partial charge in [-0.3, -0.25) is 4.79 Å². The van der Waals surface area contributed by atoms with Crippen molar-refractivity contribution in [2.24, 2.45) is 5.41 Å². The Morgan fingerprint density at radius 2 is 1.79 bits per heavy atom. The minimum Gasteiger partial charge on any atom is -0.481 e. The van der Waals surface area contributed by atoms with E-state index in [1.54, 1.807) is 39.8 Å². The number of hydrogen-bond donors (Lipinski definition) is 1. The van der Waals surface area contributed by atoms with Crippen molar-refractivity contribution in [2.75, 3.05) is 26.4 Å². The number of piperidine rings is 1. The molecular weight excluding hydrogens is 462 g/mol. The van der Waals surface area contributed by atoms with E-state index < -0.39 is 44.2 Å². The zero-order valence-electron chi connectivity index (χ0n) is 19.9. The minimum absolute atomic E-state index is 0.00949. The molecule has 1 aromatic rings. The lowest BCUT2D eigenvalue weighted by molar-refractivity contribution is -0.279. The lowest BCUT2D eigenvalue weighted by atomic mass is 9.87. The number of sulfone groups is 1. The Hall–Kier alpha value is -2.61. The number of aliphatic carboxylic acids is 1. The van der Waals surface area contributed by atoms with Crippen molar-refractivity contribution in [3.8, 4) is 17.6 Å². The van der Waals surface area contributed by atoms with E-state index >= 15 is 0 Å². The predicted molar refractivity (Wildman–Crippen MR) is 123 cm³/mol. The number of carboxylic acid groups (broad SMARTS) is 1. The highest BCUT2D eigenvalue weighted by Crippen LogP contribution is 2.35. The second-order valence-electron chi connectivity index (χ2n) is 9.27. The third-order valence-corrected chi connectivity index (χ3v) is 8.41. The van der Waals surface area contributed by atoms with Crippen molar-refractivity contribution in [1.82, 2.24) is 4.90 Å². The van der Waals surface area contributed by atoms with Gasteiger partial charge in [0.1, 0.15) is 18.4 Å². The first-order chi connectivity index (χ1) is 15.9. The summed E-state index contributed by atoms with van der Waals surface area (Å²) in [4.78, 5) is 26.7. The lowest BCUT2D eigenvalue weighted by Gasteiger charge is -2.45. The highest BCUT2D eigenvalue weighted by atomic mass is 32.2. The average Bonchev–Trinajstić information content (AvgIpc) is 2.81. The van der Waals surface area contributed by atoms with Gasteiger partial charge < -0.3 is 24.2 Å². The van der Waals surface area contributed by atoms with Crippen LogP contribution in [0.25, 0.3) is 0 Å². The maximum atomic E-state index is 13.3. The molecule has 9 nitrogen and oxygen atoms in total. The Morgan fingerprint density at radius 1 is 1.18 bits per heavy atom. The normalized spacial score (nSPS) is 23.9. The number of carboxylic acids is 1. The van der Waals surface area contributed by atoms with E-state index in [2.05, 4.69) is 11.8 Å². The van der Waals surface area contributed by atoms with E-state index in [0.29, 0.717) is 5.75 Å². The van der Waals surface area contributed by atoms with Crippen LogP contribution in [0.15, 0.2) is 29.2 Å². The molecule has 1 aromatic carbocycles. The molecule has 10 heteroatoms. The van der Waals surface area contributed by atoms with Gasteiger partial charge in [-0.2, -0.15) is 0 Å². The van der Waals surface area contributed by atoms with Gasteiger partial charge in [0.2, 0.25) is 5.91 Å². The first-order valence-electron chi connectivity index (χ1n) is 11.1. The first kappa shape index (κ1) is 26.0. The van der Waals surface area contributed by atoms with E-state index in [1.807, 2.05) is 0 Å². The molecule has 2 fully saturated rings. The van der Waals surface area contributed by atoms with Crippen LogP contribution in [-0.4, -0.2) is 73.7 Å². The van der Waals surface area contributed by atoms with Crippen LogP contribution in [0, 0.1) is 17.3 Å². The molecule has 186 valence electrons. The fourth-order valence-corrected chi connectivity index (χ4v) is 5.77. The topological polar surface area (TPSA) is 119 Å². The molecule has 0 saturated carbocycles. The number of amides is 1. The molecule has 0 spiro atoms. The number of carbonyl (C=O) groups excluding carboxylic acids is 1. The third-order valence-electron chi connectivity index (χ3n) is 6.17. The summed E-state index contributed by atoms with van der Waals surface area (Å²) in [5.74, 6) is 3.47. The summed E-state index contributed by atoms with van der Waals surface area (Å²) < 4.78 is 43.2. The van der Waals surface area contributed by atoms with Gasteiger partial charge >= 0.3 is 5.97 Å². The number of ether oxygens (including phenoxy) is 3. The van der Waals surface area contributed by atoms with Crippen molar-refractivity contribution in [1.29, 1.82) is 0 Å². The predicted octanol–water partition coefficient (Wildman–Crippen LogP) is 2.10. The van der Waals surface area contributed by atoms with Crippen LogP contribution in [0.4, 0.5) is 0 Å². The van der Waals surface area contributed by atoms with Gasteiger partial charge in [-0.05, 0) is 64.8 Å². The molecular formula is C24H31NO8S. The molecule has 2 aliphatic heterocycles. The van der Waals surface area contributed by atoms with Crippen LogP contribution in [-0.2, 0) is 28.9 Å². The number of hydrogen-bond acceptors (Lipinski definition) is 7. The second-order valence-corrected chi connectivity index (χ2v) is 11.5. The lowest BCUT2D eigenvalue weighted by Crippen LogP contribution is -2.60. The van der Waals surface area contributed by atoms with Crippen LogP contribution in [0.3, 0.4) is 0 Å². The van der Waals surface area contributed by atoms with Gasteiger partial charge in [0, 0.05) is 6.54 Å². The first-order valence-corrected chi connectivity index (χ1v) is 12.6. The smallest absolute Gasteiger partial charge is 0.326 e. The van der Waals surface area contributed by atoms with E-state index in [9.17, 15) is 23.1 Å². The minimum atomic E-state index is -3.81. The fourth-order valence-electron chi connectivity index (χ4n) is 4.02. The summed E-state index contributed by atoms with van der Waals surface area (Å²) in [6.07, 6.45) is -0.0669. The molecule has 1 amide bonds. The Morgan fingerprint density at radius 3 is 2.35 bits per heavy atom. The maximum Gasteiger partial charge on any atom is 0.326 e. The van der Waals surface area contributed by atoms with E-state index in [0.717, 1.165) is 0 Å². The second kappa shape index (κ2) is 9.94. The average molecular weight is 494 g/mol. The number of likely N-dealkylation sites (tertiary alicyclic amines) is 1. The Kier molecular flexibility index (Phi) is 7.60. The summed E-state index contributed by atoms with van der Waals surface area (Å²) in [7, 11) is -3.81. The monoisotopic (exact) mass is 493 g/mol. The van der Waals surface area contributed by atoms with Gasteiger partial charge in [-0.25, -0.2) is 13.2 Å². The zero-order valence-corrected chi connectivity index (χ0v) is 20.7. The standard InChI is InChI=1S/C24H31NO8S/c1-5-6-13-31-17-7-9-18(10-8-17)34(29,30)19-11-12-25(20(14-19)21(26)27)22(28)24(4)15-32-23(2,3)33-16-24/h7-10,19-20H,11-16H2,1-4H3,(H,26,27). The fraction of sp³-hybridized carbons (Fsp3) is 0.583. The van der Waals surface area contributed by atoms with Crippen molar-refractivity contribution in [2.45, 2.75) is 62.5 Å². The van der Waals surface area contributed by atoms with Crippen LogP contribution in [0.1, 0.15) is 40.5 Å². The number of benzene rings is 1. The molecule has 2 heterocycles. The molecule has 2 unspecified atom stereocenters. The van der Waals surface area contributed by atoms with Gasteiger partial charge in [-0.15, -0.1) is 5.92 Å². The van der Waals surface area contributed by atoms with Gasteiger partial charge in [0.15, 0.2) is 15.6 Å².